The first-order chi connectivity index (χ1) is 15.8. The van der Waals surface area contributed by atoms with Crippen LogP contribution in [0.15, 0.2) is 24.3 Å². The molecule has 0 aromatic rings. The summed E-state index contributed by atoms with van der Waals surface area (Å²) in [7, 11) is 0. The lowest BCUT2D eigenvalue weighted by molar-refractivity contribution is 0.262. The lowest BCUT2D eigenvalue weighted by atomic mass is 9.81. The molecule has 7 fully saturated rings. The highest BCUT2D eigenvalue weighted by molar-refractivity contribution is 8.00. The van der Waals surface area contributed by atoms with Crippen molar-refractivity contribution in [3.8, 4) is 0 Å². The first-order valence-electron chi connectivity index (χ1n) is 14.4. The van der Waals surface area contributed by atoms with Crippen molar-refractivity contribution in [2.75, 3.05) is 0 Å². The van der Waals surface area contributed by atoms with E-state index in [0.29, 0.717) is 0 Å². The van der Waals surface area contributed by atoms with Gasteiger partial charge in [-0.3, -0.25) is 0 Å². The first-order valence-corrected chi connectivity index (χ1v) is 16.3. The molecule has 0 heterocycles. The summed E-state index contributed by atoms with van der Waals surface area (Å²) in [5, 5.41) is 4.13. The molecule has 0 aromatic carbocycles. The minimum atomic E-state index is 0.986. The van der Waals surface area contributed by atoms with Crippen LogP contribution in [0.25, 0.3) is 0 Å². The summed E-state index contributed by atoms with van der Waals surface area (Å²) in [6.45, 7) is 0. The van der Waals surface area contributed by atoms with Crippen LogP contribution >= 0.6 is 23.5 Å². The number of fused-ring (bicyclic) bond motifs is 15. The molecule has 0 saturated heterocycles. The average molecular weight is 465 g/mol. The molecule has 0 aromatic heterocycles. The van der Waals surface area contributed by atoms with E-state index in [4.69, 9.17) is 0 Å². The van der Waals surface area contributed by atoms with Crippen LogP contribution in [0.5, 0.6) is 0 Å². The maximum Gasteiger partial charge on any atom is 0.00867 e. The van der Waals surface area contributed by atoms with Crippen molar-refractivity contribution in [1.29, 1.82) is 0 Å². The molecule has 0 aliphatic heterocycles. The van der Waals surface area contributed by atoms with Crippen molar-refractivity contribution in [2.45, 2.75) is 85.2 Å². The molecule has 6 bridgehead atoms. The van der Waals surface area contributed by atoms with Crippen molar-refractivity contribution in [2.24, 2.45) is 71.0 Å². The molecular weight excluding hydrogens is 424 g/mol. The zero-order valence-corrected chi connectivity index (χ0v) is 21.1. The topological polar surface area (TPSA) is 0 Å². The quantitative estimate of drug-likeness (QED) is 0.396. The van der Waals surface area contributed by atoms with Crippen LogP contribution in [0.3, 0.4) is 0 Å². The second-order valence-corrected chi connectivity index (χ2v) is 16.8. The highest BCUT2D eigenvalue weighted by Crippen LogP contribution is 2.67. The van der Waals surface area contributed by atoms with Gasteiger partial charge in [0.05, 0.1) is 0 Å². The molecule has 9 rings (SSSR count). The molecule has 2 heteroatoms. The van der Waals surface area contributed by atoms with Crippen LogP contribution in [-0.4, -0.2) is 21.0 Å². The van der Waals surface area contributed by atoms with Gasteiger partial charge in [-0.1, -0.05) is 24.3 Å². The normalized spacial score (nSPS) is 64.2. The van der Waals surface area contributed by atoms with E-state index in [1.54, 1.807) is 51.4 Å². The molecule has 32 heavy (non-hydrogen) atoms. The molecule has 7 saturated carbocycles. The largest absolute Gasteiger partial charge is 0.155 e. The summed E-state index contributed by atoms with van der Waals surface area (Å²) in [6, 6.07) is 0. The van der Waals surface area contributed by atoms with E-state index >= 15 is 0 Å². The Kier molecular flexibility index (Phi) is 4.18. The minimum Gasteiger partial charge on any atom is -0.155 e. The summed E-state index contributed by atoms with van der Waals surface area (Å²) in [4.78, 5) is 0. The predicted octanol–water partition coefficient (Wildman–Crippen LogP) is 7.46. The van der Waals surface area contributed by atoms with E-state index in [0.717, 1.165) is 92.0 Å². The van der Waals surface area contributed by atoms with Crippen LogP contribution in [-0.2, 0) is 0 Å². The SMILES string of the molecule is C1=CC2C(C1)C1CC(SC3CC4C5CC(SC6CC7CC6C6C=CCC76)C(C5)C4C3)C2C1. The molecule has 16 unspecified atom stereocenters. The lowest BCUT2D eigenvalue weighted by Gasteiger charge is -2.37. The molecule has 0 spiro atoms. The first kappa shape index (κ1) is 19.4. The molecular formula is C30H40S2. The predicted molar refractivity (Wildman–Crippen MR) is 137 cm³/mol. The third-order valence-electron chi connectivity index (χ3n) is 13.0. The Morgan fingerprint density at radius 1 is 0.438 bits per heavy atom. The Bertz CT molecular complexity index is 861. The fourth-order valence-corrected chi connectivity index (χ4v) is 16.2. The van der Waals surface area contributed by atoms with Gasteiger partial charge in [0.1, 0.15) is 0 Å². The number of hydrogen-bond donors (Lipinski definition) is 0. The van der Waals surface area contributed by atoms with Crippen LogP contribution in [0.2, 0.25) is 0 Å². The van der Waals surface area contributed by atoms with Gasteiger partial charge in [-0.15, -0.1) is 0 Å². The van der Waals surface area contributed by atoms with E-state index in [1.165, 1.54) is 12.8 Å². The van der Waals surface area contributed by atoms with Gasteiger partial charge in [0.15, 0.2) is 0 Å². The summed E-state index contributed by atoms with van der Waals surface area (Å²) >= 11 is 5.07. The van der Waals surface area contributed by atoms with Crippen molar-refractivity contribution in [1.82, 2.24) is 0 Å². The molecule has 16 atom stereocenters. The lowest BCUT2D eigenvalue weighted by Crippen LogP contribution is -2.32. The van der Waals surface area contributed by atoms with Crippen LogP contribution in [0.4, 0.5) is 0 Å². The Hall–Kier alpha value is 0.180. The van der Waals surface area contributed by atoms with Gasteiger partial charge >= 0.3 is 0 Å². The maximum absolute atomic E-state index is 2.64. The number of rotatable bonds is 4. The van der Waals surface area contributed by atoms with E-state index in [2.05, 4.69) is 47.8 Å². The second-order valence-electron chi connectivity index (χ2n) is 13.8. The highest BCUT2D eigenvalue weighted by atomic mass is 32.2. The minimum absolute atomic E-state index is 0.986. The molecule has 0 amide bonds. The Labute approximate surface area is 203 Å². The summed E-state index contributed by atoms with van der Waals surface area (Å²) in [5.41, 5.74) is 0. The Balaban J connectivity index is 0.856. The Morgan fingerprint density at radius 3 is 1.66 bits per heavy atom. The highest BCUT2D eigenvalue weighted by Gasteiger charge is 2.60. The fourth-order valence-electron chi connectivity index (χ4n) is 12.0. The second kappa shape index (κ2) is 6.89. The van der Waals surface area contributed by atoms with E-state index in [1.807, 2.05) is 0 Å². The fraction of sp³-hybridized carbons (Fsp3) is 0.867. The standard InChI is InChI=1S/C30H40S2/c1-3-19-15-7-25(21(19)5-1)28(10-15)31-18-13-23-17-9-27(24(23)14-18)30(12-17)32-29-11-16-8-26(29)22-6-2-4-20(16)22/h1-2,5-6,15-30H,3-4,7-14H2. The Morgan fingerprint density at radius 2 is 0.969 bits per heavy atom. The van der Waals surface area contributed by atoms with Gasteiger partial charge in [0.2, 0.25) is 0 Å². The van der Waals surface area contributed by atoms with Crippen LogP contribution < -0.4 is 0 Å². The van der Waals surface area contributed by atoms with Gasteiger partial charge in [-0.05, 0) is 135 Å². The summed E-state index contributed by atoms with van der Waals surface area (Å²) in [5.74, 6) is 12.9. The van der Waals surface area contributed by atoms with Crippen molar-refractivity contribution in [3.05, 3.63) is 24.3 Å². The molecule has 9 aliphatic carbocycles. The molecule has 0 radical (unpaired) electrons. The molecule has 9 aliphatic rings. The van der Waals surface area contributed by atoms with Crippen molar-refractivity contribution < 1.29 is 0 Å². The number of hydrogen-bond acceptors (Lipinski definition) is 2. The third kappa shape index (κ3) is 2.56. The van der Waals surface area contributed by atoms with Gasteiger partial charge in [0, 0.05) is 21.0 Å². The molecule has 0 N–H and O–H groups in total. The van der Waals surface area contributed by atoms with E-state index in [9.17, 15) is 0 Å². The van der Waals surface area contributed by atoms with Gasteiger partial charge in [-0.25, -0.2) is 0 Å². The molecule has 172 valence electrons. The van der Waals surface area contributed by atoms with Crippen LogP contribution in [0, 0.1) is 71.0 Å². The smallest absolute Gasteiger partial charge is 0.00867 e. The third-order valence-corrected chi connectivity index (χ3v) is 16.4. The number of allylic oxidation sites excluding steroid dienone is 4. The zero-order chi connectivity index (χ0) is 20.6. The van der Waals surface area contributed by atoms with E-state index in [-0.39, 0.29) is 0 Å². The zero-order valence-electron chi connectivity index (χ0n) is 19.4. The average Bonchev–Trinajstić information content (AvgIpc) is 3.61. The van der Waals surface area contributed by atoms with Gasteiger partial charge in [-0.2, -0.15) is 23.5 Å². The maximum atomic E-state index is 2.64. The van der Waals surface area contributed by atoms with Crippen molar-refractivity contribution >= 4 is 23.5 Å². The molecule has 0 nitrogen and oxygen atoms in total. The summed E-state index contributed by atoms with van der Waals surface area (Å²) in [6.07, 6.45) is 25.9. The number of thioether (sulfide) groups is 2. The van der Waals surface area contributed by atoms with E-state index < -0.39 is 0 Å². The van der Waals surface area contributed by atoms with Crippen molar-refractivity contribution in [3.63, 3.8) is 0 Å². The van der Waals surface area contributed by atoms with Crippen LogP contribution in [0.1, 0.15) is 64.2 Å². The van der Waals surface area contributed by atoms with Gasteiger partial charge < -0.3 is 0 Å². The monoisotopic (exact) mass is 464 g/mol. The summed E-state index contributed by atoms with van der Waals surface area (Å²) < 4.78 is 0. The van der Waals surface area contributed by atoms with Gasteiger partial charge in [0.25, 0.3) is 0 Å².